The number of Topliss-reactive ketones (excluding diaryl/α,β-unsaturated/α-hetero) is 1. The van der Waals surface area contributed by atoms with Crippen molar-refractivity contribution in [3.63, 3.8) is 0 Å². The molecule has 18 heavy (non-hydrogen) atoms. The van der Waals surface area contributed by atoms with Gasteiger partial charge in [0, 0.05) is 12.0 Å². The quantitative estimate of drug-likeness (QED) is 0.794. The van der Waals surface area contributed by atoms with Crippen molar-refractivity contribution in [1.29, 1.82) is 0 Å². The molecule has 2 rings (SSSR count). The zero-order chi connectivity index (χ0) is 13.8. The minimum absolute atomic E-state index is 0.0445. The Bertz CT molecular complexity index is 478. The molecule has 4 atom stereocenters. The zero-order valence-corrected chi connectivity index (χ0v) is 13.4. The Labute approximate surface area is 117 Å². The first kappa shape index (κ1) is 14.5. The summed E-state index contributed by atoms with van der Waals surface area (Å²) in [5.41, 5.74) is -0.965. The van der Waals surface area contributed by atoms with E-state index in [1.54, 1.807) is 6.92 Å². The van der Waals surface area contributed by atoms with Gasteiger partial charge in [-0.15, -0.1) is 0 Å². The largest absolute Gasteiger partial charge is 0.298 e. The molecule has 1 N–H and O–H groups in total. The lowest BCUT2D eigenvalue weighted by atomic mass is 9.70. The van der Waals surface area contributed by atoms with Gasteiger partial charge in [-0.05, 0) is 24.2 Å². The smallest absolute Gasteiger partial charge is 0.212 e. The Kier molecular flexibility index (Phi) is 3.44. The summed E-state index contributed by atoms with van der Waals surface area (Å²) in [7, 11) is -3.31. The third-order valence-electron chi connectivity index (χ3n) is 5.04. The molecule has 2 aliphatic rings. The maximum Gasteiger partial charge on any atom is 0.212 e. The molecule has 0 radical (unpaired) electrons. The van der Waals surface area contributed by atoms with E-state index in [1.807, 2.05) is 13.8 Å². The van der Waals surface area contributed by atoms with Gasteiger partial charge in [-0.2, -0.15) is 0 Å². The fourth-order valence-corrected chi connectivity index (χ4v) is 6.97. The average Bonchev–Trinajstić information content (AvgIpc) is 2.54. The standard InChI is InChI=1S/C12H20BrNO3S/c1-4-14-18(16,17)7-12(3)8-5-6-11(12,2)10(15)9(8)13/h8-9,14H,4-7H2,1-3H3/t8-,9-,11-,12-/m1/s1. The predicted octanol–water partition coefficient (Wildman–Crippen LogP) is 1.69. The van der Waals surface area contributed by atoms with Gasteiger partial charge in [-0.1, -0.05) is 36.7 Å². The molecular weight excluding hydrogens is 318 g/mol. The second-order valence-corrected chi connectivity index (χ2v) is 8.71. The number of halogens is 1. The van der Waals surface area contributed by atoms with Gasteiger partial charge in [0.25, 0.3) is 0 Å². The number of carbonyl (C=O) groups excluding carboxylic acids is 1. The number of hydrogen-bond acceptors (Lipinski definition) is 3. The summed E-state index contributed by atoms with van der Waals surface area (Å²) in [6, 6.07) is 0. The minimum atomic E-state index is -3.31. The lowest BCUT2D eigenvalue weighted by Gasteiger charge is -2.36. The van der Waals surface area contributed by atoms with Gasteiger partial charge in [-0.3, -0.25) is 4.79 Å². The Morgan fingerprint density at radius 2 is 2.06 bits per heavy atom. The van der Waals surface area contributed by atoms with Gasteiger partial charge < -0.3 is 0 Å². The van der Waals surface area contributed by atoms with Crippen LogP contribution in [0.1, 0.15) is 33.6 Å². The predicted molar refractivity (Wildman–Crippen MR) is 74.1 cm³/mol. The fourth-order valence-electron chi connectivity index (χ4n) is 3.75. The number of sulfonamides is 1. The highest BCUT2D eigenvalue weighted by molar-refractivity contribution is 9.10. The Morgan fingerprint density at radius 1 is 1.44 bits per heavy atom. The van der Waals surface area contributed by atoms with Crippen LogP contribution in [0.25, 0.3) is 0 Å². The molecule has 2 aliphatic carbocycles. The third-order valence-corrected chi connectivity index (χ3v) is 7.80. The molecule has 0 unspecified atom stereocenters. The van der Waals surface area contributed by atoms with Gasteiger partial charge in [0.15, 0.2) is 5.78 Å². The number of fused-ring (bicyclic) bond motifs is 2. The van der Waals surface area contributed by atoms with Gasteiger partial charge in [-0.25, -0.2) is 13.1 Å². The average molecular weight is 338 g/mol. The van der Waals surface area contributed by atoms with Crippen molar-refractivity contribution >= 4 is 31.7 Å². The molecule has 0 saturated heterocycles. The van der Waals surface area contributed by atoms with Crippen molar-refractivity contribution in [3.05, 3.63) is 0 Å². The van der Waals surface area contributed by atoms with E-state index in [9.17, 15) is 13.2 Å². The summed E-state index contributed by atoms with van der Waals surface area (Å²) in [5.74, 6) is 0.347. The Hall–Kier alpha value is 0.0600. The highest BCUT2D eigenvalue weighted by Crippen LogP contribution is 2.65. The summed E-state index contributed by atoms with van der Waals surface area (Å²) >= 11 is 3.45. The van der Waals surface area contributed by atoms with Crippen LogP contribution in [-0.2, 0) is 14.8 Å². The number of nitrogens with one attached hydrogen (secondary N) is 1. The third kappa shape index (κ3) is 1.79. The van der Waals surface area contributed by atoms with E-state index >= 15 is 0 Å². The molecule has 2 bridgehead atoms. The molecule has 2 fully saturated rings. The van der Waals surface area contributed by atoms with Crippen molar-refractivity contribution < 1.29 is 13.2 Å². The molecule has 104 valence electrons. The highest BCUT2D eigenvalue weighted by Gasteiger charge is 2.68. The number of hydrogen-bond donors (Lipinski definition) is 1. The summed E-state index contributed by atoms with van der Waals surface area (Å²) in [4.78, 5) is 12.1. The van der Waals surface area contributed by atoms with E-state index in [0.717, 1.165) is 12.8 Å². The molecule has 0 spiro atoms. The fraction of sp³-hybridized carbons (Fsp3) is 0.917. The molecule has 0 aliphatic heterocycles. The van der Waals surface area contributed by atoms with E-state index in [-0.39, 0.29) is 22.3 Å². The molecule has 0 heterocycles. The van der Waals surface area contributed by atoms with E-state index in [4.69, 9.17) is 0 Å². The Balaban J connectivity index is 2.35. The van der Waals surface area contributed by atoms with Crippen LogP contribution in [0.4, 0.5) is 0 Å². The normalized spacial score (nSPS) is 43.7. The SMILES string of the molecule is CCNS(=O)(=O)C[C@]1(C)[C@@H]2CC[C@]1(C)C(=O)[C@@H]2Br. The lowest BCUT2D eigenvalue weighted by Crippen LogP contribution is -2.43. The summed E-state index contributed by atoms with van der Waals surface area (Å²) in [6.07, 6.45) is 1.73. The van der Waals surface area contributed by atoms with Crippen molar-refractivity contribution in [2.75, 3.05) is 12.3 Å². The van der Waals surface area contributed by atoms with Crippen molar-refractivity contribution in [2.45, 2.75) is 38.4 Å². The number of rotatable bonds is 4. The molecule has 2 saturated carbocycles. The maximum atomic E-state index is 12.3. The van der Waals surface area contributed by atoms with Crippen LogP contribution >= 0.6 is 15.9 Å². The van der Waals surface area contributed by atoms with E-state index in [2.05, 4.69) is 20.7 Å². The zero-order valence-electron chi connectivity index (χ0n) is 11.0. The molecule has 0 aromatic carbocycles. The van der Waals surface area contributed by atoms with Crippen LogP contribution in [0.5, 0.6) is 0 Å². The summed E-state index contributed by atoms with van der Waals surface area (Å²) in [6.45, 7) is 6.05. The second kappa shape index (κ2) is 4.28. The van der Waals surface area contributed by atoms with Crippen LogP contribution < -0.4 is 4.72 Å². The van der Waals surface area contributed by atoms with E-state index in [1.165, 1.54) is 0 Å². The molecule has 0 aromatic heterocycles. The second-order valence-electron chi connectivity index (χ2n) is 5.92. The molecule has 0 amide bonds. The highest BCUT2D eigenvalue weighted by atomic mass is 79.9. The Morgan fingerprint density at radius 3 is 2.50 bits per heavy atom. The number of alkyl halides is 1. The van der Waals surface area contributed by atoms with Gasteiger partial charge >= 0.3 is 0 Å². The van der Waals surface area contributed by atoms with Gasteiger partial charge in [0.2, 0.25) is 10.0 Å². The first-order valence-electron chi connectivity index (χ1n) is 6.34. The van der Waals surface area contributed by atoms with Crippen LogP contribution in [0, 0.1) is 16.7 Å². The molecule has 0 aromatic rings. The van der Waals surface area contributed by atoms with Crippen molar-refractivity contribution in [3.8, 4) is 0 Å². The van der Waals surface area contributed by atoms with Crippen LogP contribution in [-0.4, -0.2) is 31.3 Å². The van der Waals surface area contributed by atoms with Crippen molar-refractivity contribution in [1.82, 2.24) is 4.72 Å². The lowest BCUT2D eigenvalue weighted by molar-refractivity contribution is -0.127. The van der Waals surface area contributed by atoms with E-state index in [0.29, 0.717) is 6.54 Å². The molecular formula is C12H20BrNO3S. The van der Waals surface area contributed by atoms with Crippen LogP contribution in [0.15, 0.2) is 0 Å². The van der Waals surface area contributed by atoms with Crippen molar-refractivity contribution in [2.24, 2.45) is 16.7 Å². The van der Waals surface area contributed by atoms with Gasteiger partial charge in [0.1, 0.15) is 0 Å². The monoisotopic (exact) mass is 337 g/mol. The van der Waals surface area contributed by atoms with Crippen LogP contribution in [0.2, 0.25) is 0 Å². The summed E-state index contributed by atoms with van der Waals surface area (Å²) in [5, 5.41) is 0. The first-order chi connectivity index (χ1) is 8.18. The van der Waals surface area contributed by atoms with Crippen LogP contribution in [0.3, 0.4) is 0 Å². The van der Waals surface area contributed by atoms with Gasteiger partial charge in [0.05, 0.1) is 10.6 Å². The molecule has 6 heteroatoms. The molecule has 4 nitrogen and oxygen atoms in total. The first-order valence-corrected chi connectivity index (χ1v) is 8.90. The topological polar surface area (TPSA) is 63.2 Å². The minimum Gasteiger partial charge on any atom is -0.298 e. The summed E-state index contributed by atoms with van der Waals surface area (Å²) < 4.78 is 26.6. The number of carbonyl (C=O) groups is 1. The maximum absolute atomic E-state index is 12.3. The van der Waals surface area contributed by atoms with E-state index < -0.39 is 20.9 Å². The number of ketones is 1.